The van der Waals surface area contributed by atoms with Crippen molar-refractivity contribution in [2.75, 3.05) is 18.5 Å². The largest absolute Gasteiger partial charge is 0.330 e. The number of carbonyl (C=O) groups is 1. The highest BCUT2D eigenvalue weighted by atomic mass is 16.2. The lowest BCUT2D eigenvalue weighted by atomic mass is 10.1. The molecule has 0 atom stereocenters. The van der Waals surface area contributed by atoms with Gasteiger partial charge in [-0.2, -0.15) is 0 Å². The Morgan fingerprint density at radius 2 is 1.81 bits per heavy atom. The maximum absolute atomic E-state index is 12.6. The molecule has 110 valence electrons. The SMILES string of the molecule is CCc1ccc(N(C)C(=O)c2cccc(CCN)c2)cc1. The van der Waals surface area contributed by atoms with Crippen molar-refractivity contribution in [2.24, 2.45) is 5.73 Å². The molecule has 0 heterocycles. The van der Waals surface area contributed by atoms with Gasteiger partial charge in [-0.25, -0.2) is 0 Å². The molecule has 0 unspecified atom stereocenters. The minimum absolute atomic E-state index is 0.00174. The lowest BCUT2D eigenvalue weighted by Crippen LogP contribution is -2.26. The molecule has 2 N–H and O–H groups in total. The second-order valence-electron chi connectivity index (χ2n) is 5.12. The molecule has 1 amide bonds. The fourth-order valence-corrected chi connectivity index (χ4v) is 2.29. The molecule has 0 aromatic heterocycles. The van der Waals surface area contributed by atoms with E-state index in [1.807, 2.05) is 36.4 Å². The van der Waals surface area contributed by atoms with Crippen LogP contribution in [0.25, 0.3) is 0 Å². The fraction of sp³-hybridized carbons (Fsp3) is 0.278. The summed E-state index contributed by atoms with van der Waals surface area (Å²) in [5.74, 6) is -0.00174. The summed E-state index contributed by atoms with van der Waals surface area (Å²) >= 11 is 0. The van der Waals surface area contributed by atoms with Gasteiger partial charge in [-0.3, -0.25) is 4.79 Å². The van der Waals surface area contributed by atoms with E-state index in [9.17, 15) is 4.79 Å². The molecule has 21 heavy (non-hydrogen) atoms. The first kappa shape index (κ1) is 15.3. The van der Waals surface area contributed by atoms with E-state index in [-0.39, 0.29) is 5.91 Å². The fourth-order valence-electron chi connectivity index (χ4n) is 2.29. The monoisotopic (exact) mass is 282 g/mol. The zero-order valence-corrected chi connectivity index (χ0v) is 12.7. The average Bonchev–Trinajstić information content (AvgIpc) is 2.54. The molecule has 2 aromatic rings. The molecule has 2 rings (SSSR count). The highest BCUT2D eigenvalue weighted by molar-refractivity contribution is 6.05. The Bertz CT molecular complexity index is 605. The first-order chi connectivity index (χ1) is 10.2. The smallest absolute Gasteiger partial charge is 0.258 e. The number of benzene rings is 2. The number of nitrogens with two attached hydrogens (primary N) is 1. The predicted octanol–water partition coefficient (Wildman–Crippen LogP) is 3.03. The van der Waals surface area contributed by atoms with Crippen molar-refractivity contribution >= 4 is 11.6 Å². The quantitative estimate of drug-likeness (QED) is 0.916. The van der Waals surface area contributed by atoms with Crippen LogP contribution in [-0.2, 0) is 12.8 Å². The topological polar surface area (TPSA) is 46.3 Å². The summed E-state index contributed by atoms with van der Waals surface area (Å²) < 4.78 is 0. The molecular weight excluding hydrogens is 260 g/mol. The van der Waals surface area contributed by atoms with Crippen LogP contribution in [0.15, 0.2) is 48.5 Å². The van der Waals surface area contributed by atoms with Crippen molar-refractivity contribution < 1.29 is 4.79 Å². The number of hydrogen-bond donors (Lipinski definition) is 1. The van der Waals surface area contributed by atoms with Crippen LogP contribution in [0.3, 0.4) is 0 Å². The Kier molecular flexibility index (Phi) is 5.12. The standard InChI is InChI=1S/C18H22N2O/c1-3-14-7-9-17(10-8-14)20(2)18(21)16-6-4-5-15(13-16)11-12-19/h4-10,13H,3,11-12,19H2,1-2H3. The molecule has 0 aliphatic heterocycles. The van der Waals surface area contributed by atoms with Gasteiger partial charge in [0.2, 0.25) is 0 Å². The van der Waals surface area contributed by atoms with Gasteiger partial charge in [0.25, 0.3) is 5.91 Å². The summed E-state index contributed by atoms with van der Waals surface area (Å²) in [4.78, 5) is 14.2. The summed E-state index contributed by atoms with van der Waals surface area (Å²) in [6.07, 6.45) is 1.79. The molecule has 0 aliphatic rings. The molecule has 3 nitrogen and oxygen atoms in total. The van der Waals surface area contributed by atoms with E-state index >= 15 is 0 Å². The van der Waals surface area contributed by atoms with Gasteiger partial charge in [-0.1, -0.05) is 31.2 Å². The van der Waals surface area contributed by atoms with Crippen LogP contribution >= 0.6 is 0 Å². The molecule has 0 aliphatic carbocycles. The van der Waals surface area contributed by atoms with Gasteiger partial charge in [-0.15, -0.1) is 0 Å². The van der Waals surface area contributed by atoms with Crippen molar-refractivity contribution in [3.63, 3.8) is 0 Å². The normalized spacial score (nSPS) is 10.4. The molecule has 2 aromatic carbocycles. The molecule has 0 saturated heterocycles. The van der Waals surface area contributed by atoms with Gasteiger partial charge >= 0.3 is 0 Å². The van der Waals surface area contributed by atoms with Gasteiger partial charge in [0.05, 0.1) is 0 Å². The third-order valence-corrected chi connectivity index (χ3v) is 3.64. The van der Waals surface area contributed by atoms with E-state index in [4.69, 9.17) is 5.73 Å². The molecular formula is C18H22N2O. The number of aryl methyl sites for hydroxylation is 1. The molecule has 0 bridgehead atoms. The Morgan fingerprint density at radius 1 is 1.10 bits per heavy atom. The summed E-state index contributed by atoms with van der Waals surface area (Å²) in [5.41, 5.74) is 9.53. The van der Waals surface area contributed by atoms with Gasteiger partial charge in [0.15, 0.2) is 0 Å². The van der Waals surface area contributed by atoms with Gasteiger partial charge in [0, 0.05) is 18.3 Å². The van der Waals surface area contributed by atoms with Crippen molar-refractivity contribution in [3.05, 3.63) is 65.2 Å². The van der Waals surface area contributed by atoms with Crippen LogP contribution in [0.4, 0.5) is 5.69 Å². The number of rotatable bonds is 5. The molecule has 0 fully saturated rings. The Balaban J connectivity index is 2.19. The minimum Gasteiger partial charge on any atom is -0.330 e. The molecule has 0 spiro atoms. The second-order valence-corrected chi connectivity index (χ2v) is 5.12. The third kappa shape index (κ3) is 3.70. The van der Waals surface area contributed by atoms with Gasteiger partial charge in [-0.05, 0) is 54.8 Å². The lowest BCUT2D eigenvalue weighted by Gasteiger charge is -2.18. The average molecular weight is 282 g/mol. The molecule has 0 radical (unpaired) electrons. The molecule has 3 heteroatoms. The van der Waals surface area contributed by atoms with Crippen molar-refractivity contribution in [2.45, 2.75) is 19.8 Å². The maximum atomic E-state index is 12.6. The number of anilines is 1. The molecule has 0 saturated carbocycles. The van der Waals surface area contributed by atoms with E-state index in [1.54, 1.807) is 11.9 Å². The third-order valence-electron chi connectivity index (χ3n) is 3.64. The van der Waals surface area contributed by atoms with Crippen LogP contribution in [0.2, 0.25) is 0 Å². The van der Waals surface area contributed by atoms with E-state index < -0.39 is 0 Å². The number of carbonyl (C=O) groups excluding carboxylic acids is 1. The zero-order valence-electron chi connectivity index (χ0n) is 12.7. The van der Waals surface area contributed by atoms with E-state index in [0.717, 1.165) is 24.1 Å². The lowest BCUT2D eigenvalue weighted by molar-refractivity contribution is 0.0993. The number of hydrogen-bond acceptors (Lipinski definition) is 2. The Labute approximate surface area is 126 Å². The van der Waals surface area contributed by atoms with E-state index in [2.05, 4.69) is 19.1 Å². The van der Waals surface area contributed by atoms with Crippen molar-refractivity contribution in [3.8, 4) is 0 Å². The first-order valence-corrected chi connectivity index (χ1v) is 7.31. The van der Waals surface area contributed by atoms with Crippen LogP contribution in [0.5, 0.6) is 0 Å². The van der Waals surface area contributed by atoms with Crippen molar-refractivity contribution in [1.29, 1.82) is 0 Å². The second kappa shape index (κ2) is 7.04. The van der Waals surface area contributed by atoms with E-state index in [1.165, 1.54) is 5.56 Å². The summed E-state index contributed by atoms with van der Waals surface area (Å²) in [6, 6.07) is 15.8. The van der Waals surface area contributed by atoms with Crippen molar-refractivity contribution in [1.82, 2.24) is 0 Å². The van der Waals surface area contributed by atoms with E-state index in [0.29, 0.717) is 12.1 Å². The first-order valence-electron chi connectivity index (χ1n) is 7.31. The summed E-state index contributed by atoms with van der Waals surface area (Å²) in [5, 5.41) is 0. The van der Waals surface area contributed by atoms with Crippen LogP contribution in [0, 0.1) is 0 Å². The number of nitrogens with zero attached hydrogens (tertiary/aromatic N) is 1. The summed E-state index contributed by atoms with van der Waals surface area (Å²) in [7, 11) is 1.80. The number of amides is 1. The summed E-state index contributed by atoms with van der Waals surface area (Å²) in [6.45, 7) is 2.71. The Morgan fingerprint density at radius 3 is 2.43 bits per heavy atom. The van der Waals surface area contributed by atoms with Gasteiger partial charge in [0.1, 0.15) is 0 Å². The predicted molar refractivity (Wildman–Crippen MR) is 87.8 cm³/mol. The highest BCUT2D eigenvalue weighted by Crippen LogP contribution is 2.17. The zero-order chi connectivity index (χ0) is 15.2. The minimum atomic E-state index is -0.00174. The maximum Gasteiger partial charge on any atom is 0.258 e. The van der Waals surface area contributed by atoms with Gasteiger partial charge < -0.3 is 10.6 Å². The van der Waals surface area contributed by atoms with Crippen LogP contribution < -0.4 is 10.6 Å². The van der Waals surface area contributed by atoms with Crippen LogP contribution in [-0.4, -0.2) is 19.5 Å². The Hall–Kier alpha value is -2.13. The highest BCUT2D eigenvalue weighted by Gasteiger charge is 2.13. The van der Waals surface area contributed by atoms with Crippen LogP contribution in [0.1, 0.15) is 28.4 Å².